The number of hydrogen-bond acceptors (Lipinski definition) is 26. The van der Waals surface area contributed by atoms with E-state index in [1.54, 1.807) is 102 Å². The Morgan fingerprint density at radius 1 is 0.484 bits per heavy atom. The molecule has 0 spiro atoms. The number of alkyl carbamates (subject to hydrolysis) is 3. The third-order valence-corrected chi connectivity index (χ3v) is 16.7. The van der Waals surface area contributed by atoms with Gasteiger partial charge in [-0.1, -0.05) is 54.6 Å². The number of aliphatic carboxylic acids is 1. The number of para-hydroxylation sites is 6. The number of methoxy groups -OCH3 is 3. The Labute approximate surface area is 742 Å². The molecule has 3 aromatic carbocycles. The molecular formula is C82H102Br2N18O23Zn. The monoisotopic (exact) mass is 1930 g/mol. The number of allylic oxidation sites excluding steroid dienone is 3. The van der Waals surface area contributed by atoms with Crippen LogP contribution in [0.3, 0.4) is 0 Å². The number of nitrogen functional groups attached to an aromatic ring is 1. The summed E-state index contributed by atoms with van der Waals surface area (Å²) in [4.78, 5) is 187. The van der Waals surface area contributed by atoms with Crippen molar-refractivity contribution in [3.63, 3.8) is 0 Å². The predicted molar refractivity (Wildman–Crippen MR) is 469 cm³/mol. The van der Waals surface area contributed by atoms with Gasteiger partial charge in [-0.3, -0.25) is 38.4 Å². The molecule has 41 nitrogen and oxygen atoms in total. The number of aliphatic hydroxyl groups is 3. The fraction of sp³-hybridized carbons (Fsp3) is 0.354. The van der Waals surface area contributed by atoms with E-state index in [0.29, 0.717) is 40.1 Å². The molecule has 8 amide bonds. The second-order valence-corrected chi connectivity index (χ2v) is 42.5. The van der Waals surface area contributed by atoms with Crippen LogP contribution < -0.4 is 64.9 Å². The molecule has 0 aliphatic heterocycles. The number of nitrogens with two attached hydrogens (primary N) is 1. The number of benzene rings is 3. The van der Waals surface area contributed by atoms with Gasteiger partial charge in [-0.25, -0.2) is 52.9 Å². The molecule has 0 bridgehead atoms. The molecule has 6 heterocycles. The normalized spacial score (nSPS) is 11.7. The van der Waals surface area contributed by atoms with Crippen LogP contribution in [-0.4, -0.2) is 219 Å². The van der Waals surface area contributed by atoms with Crippen molar-refractivity contribution in [2.24, 2.45) is 0 Å². The number of carboxylic acids is 1. The van der Waals surface area contributed by atoms with Crippen molar-refractivity contribution in [1.82, 2.24) is 74.7 Å². The minimum absolute atomic E-state index is 0.0363. The number of aromatic amines is 1. The molecule has 126 heavy (non-hydrogen) atoms. The van der Waals surface area contributed by atoms with Crippen LogP contribution in [0.5, 0.6) is 0 Å². The molecule has 0 radical (unpaired) electrons. The van der Waals surface area contributed by atoms with Gasteiger partial charge in [0.25, 0.3) is 16.7 Å². The van der Waals surface area contributed by atoms with Crippen LogP contribution in [0.1, 0.15) is 97.5 Å². The zero-order chi connectivity index (χ0) is 93.1. The van der Waals surface area contributed by atoms with Gasteiger partial charge >= 0.3 is 76.9 Å². The number of halogens is 2. The molecule has 0 unspecified atom stereocenters. The summed E-state index contributed by atoms with van der Waals surface area (Å²) in [5.41, 5.74) is 7.00. The summed E-state index contributed by atoms with van der Waals surface area (Å²) in [5.74, 6) is -2.41. The van der Waals surface area contributed by atoms with E-state index in [2.05, 4.69) is 104 Å². The van der Waals surface area contributed by atoms with Gasteiger partial charge in [-0.05, 0) is 171 Å². The minimum atomic E-state index is -1.18. The summed E-state index contributed by atoms with van der Waals surface area (Å²) in [6, 6.07) is 27.8. The number of rotatable bonds is 32. The second-order valence-electron chi connectivity index (χ2n) is 28.4. The van der Waals surface area contributed by atoms with Gasteiger partial charge in [0, 0.05) is 38.2 Å². The molecule has 9 aromatic rings. The van der Waals surface area contributed by atoms with E-state index in [1.165, 1.54) is 90.8 Å². The fourth-order valence-corrected chi connectivity index (χ4v) is 11.0. The SMILES string of the molecule is CC(C)(C)OC(=O)n1c(Cn2cccc(N)c2=O)nc2ccccc21.COC(=O)N[C@@H](CC/C=C/C(=O)NCCO)C(=O)Nc1cccn(Cc2nc3ccccc3[nH]2)c1=O.COC(=O)N[C@@H](CC/C=C/C(=O)NCCO)C(=O)Nc1cccn(Cc2nc3ccccc3n2C(=O)OC(C)(C)C)c1=O.COC(=O)N[C@@H](CC/C=C/C(=O)NCCO)C(=O)O.[Br][Zn][Br]. The van der Waals surface area contributed by atoms with Crippen LogP contribution >= 0.6 is 27.2 Å². The van der Waals surface area contributed by atoms with Crippen molar-refractivity contribution in [2.75, 3.05) is 77.2 Å². The number of carbonyl (C=O) groups is 11. The number of nitrogens with one attached hydrogen (secondary N) is 9. The van der Waals surface area contributed by atoms with E-state index in [4.69, 9.17) is 35.6 Å². The quantitative estimate of drug-likeness (QED) is 0.0121. The number of H-pyrrole nitrogens is 1. The van der Waals surface area contributed by atoms with Crippen molar-refractivity contribution >= 4 is 143 Å². The first-order chi connectivity index (χ1) is 60.0. The first-order valence-electron chi connectivity index (χ1n) is 38.9. The average Bonchev–Trinajstić information content (AvgIpc) is 1.63. The van der Waals surface area contributed by atoms with Gasteiger partial charge in [-0.15, -0.1) is 0 Å². The number of imidazole rings is 3. The van der Waals surface area contributed by atoms with Gasteiger partial charge in [0.15, 0.2) is 0 Å². The Bertz CT molecular complexity index is 5440. The van der Waals surface area contributed by atoms with E-state index < -0.39 is 94.6 Å². The molecule has 0 saturated heterocycles. The Morgan fingerprint density at radius 3 is 1.21 bits per heavy atom. The summed E-state index contributed by atoms with van der Waals surface area (Å²) in [5, 5.41) is 54.3. The zero-order valence-corrected chi connectivity index (χ0v) is 76.7. The molecule has 0 fully saturated rings. The third-order valence-electron chi connectivity index (χ3n) is 16.7. The molecule has 6 aromatic heterocycles. The van der Waals surface area contributed by atoms with Crippen LogP contribution in [0.2, 0.25) is 0 Å². The Balaban J connectivity index is 0.000000307. The third kappa shape index (κ3) is 35.3. The molecule has 0 aliphatic rings. The molecule has 0 saturated carbocycles. The summed E-state index contributed by atoms with van der Waals surface area (Å²) >= 11 is 6.25. The Kier molecular flexibility index (Phi) is 43.7. The summed E-state index contributed by atoms with van der Waals surface area (Å²) < 4.78 is 31.4. The number of anilines is 3. The number of aliphatic hydroxyl groups excluding tert-OH is 3. The van der Waals surface area contributed by atoms with Crippen LogP contribution in [0.15, 0.2) is 179 Å². The molecule has 0 aliphatic carbocycles. The number of nitrogens with zero attached hydrogens (tertiary/aromatic N) is 8. The van der Waals surface area contributed by atoms with Gasteiger partial charge in [0.2, 0.25) is 29.5 Å². The van der Waals surface area contributed by atoms with E-state index in [1.807, 2.05) is 42.5 Å². The number of hydrogen-bond donors (Lipinski definition) is 14. The van der Waals surface area contributed by atoms with Crippen LogP contribution in [0.4, 0.5) is 41.0 Å². The molecular weight excluding hydrogens is 1830 g/mol. The molecule has 3 atom stereocenters. The van der Waals surface area contributed by atoms with Crippen molar-refractivity contribution in [3.8, 4) is 0 Å². The molecule has 9 rings (SSSR count). The van der Waals surface area contributed by atoms with E-state index in [-0.39, 0.29) is 145 Å². The maximum absolute atomic E-state index is 13.4. The Morgan fingerprint density at radius 2 is 0.833 bits per heavy atom. The summed E-state index contributed by atoms with van der Waals surface area (Å²) in [6.45, 7) is 10.7. The van der Waals surface area contributed by atoms with E-state index in [9.17, 15) is 67.1 Å². The second kappa shape index (κ2) is 53.2. The van der Waals surface area contributed by atoms with Crippen LogP contribution in [0.25, 0.3) is 33.1 Å². The first-order valence-corrected chi connectivity index (χ1v) is 52.7. The number of carbonyl (C=O) groups excluding carboxylic acids is 10. The standard InChI is InChI=1S/C29H36N6O8.C24H28N6O6.C18H20N4O3.C11H18N2O6.2BrH.Zn/c1-29(2,3)43-28(41)35-22-13-7-5-10-19(22)31-23(35)18-34-16-9-12-21(26(34)39)32-25(38)20(33-27(40)42-4)11-6-8-14-24(37)30-15-17-36;1-36-24(35)29-18(9-4-5-11-21(32)25-12-14-31)22(33)28-19-10-6-13-30(23(19)34)15-20-26-16-7-2-3-8-17(16)27-20;1-18(2,3)25-17(24)22-14-9-5-4-8-13(14)20-15(22)11-21-10-6-7-12(19)16(21)23;1-19-11(18)13-8(10(16)17)4-2-3-5-9(15)12-6-7-14;;;/h5,7-10,12-14,16,20,36H,6,11,15,17-18H2,1-4H3,(H,30,37)(H,32,38)(H,33,40);2-3,5-8,10-11,13,18,31H,4,9,12,14-15H2,1H3,(H,25,32)(H,26,27)(H,28,33)(H,29,35);4-10H,11,19H2,1-3H3;3,5,8,14H,2,4,6-7H2,1H3,(H,12,15)(H,13,18)(H,16,17);2*1H;/q;;;;;;+2/p-2/b14-8+;11-5+;;5-3+;;;/t20-;18-;;8-;;;/m00.0.../s1. The average molecular weight is 1930 g/mol. The number of amides is 8. The number of fused-ring (bicyclic) bond motifs is 3. The number of pyridine rings is 3. The van der Waals surface area contributed by atoms with E-state index >= 15 is 0 Å². The van der Waals surface area contributed by atoms with Crippen molar-refractivity contribution in [2.45, 2.75) is 129 Å². The van der Waals surface area contributed by atoms with Crippen molar-refractivity contribution in [3.05, 3.63) is 213 Å². The van der Waals surface area contributed by atoms with Gasteiger partial charge < -0.3 is 111 Å². The van der Waals surface area contributed by atoms with Crippen molar-refractivity contribution < 1.29 is 110 Å². The summed E-state index contributed by atoms with van der Waals surface area (Å²) in [7, 11) is 3.46. The van der Waals surface area contributed by atoms with Gasteiger partial charge in [-0.2, -0.15) is 0 Å². The maximum atomic E-state index is 13.4. The Hall–Kier alpha value is -13.0. The van der Waals surface area contributed by atoms with Crippen LogP contribution in [-0.2, 0) is 85.3 Å². The number of carboxylic acid groups (broad SMARTS) is 1. The molecule has 44 heteroatoms. The van der Waals surface area contributed by atoms with E-state index in [0.717, 1.165) is 25.3 Å². The van der Waals surface area contributed by atoms with Crippen molar-refractivity contribution in [1.29, 1.82) is 0 Å². The first kappa shape index (κ1) is 104. The topological polar surface area (TPSA) is 567 Å². The fourth-order valence-electron chi connectivity index (χ4n) is 11.0. The molecule has 674 valence electrons. The van der Waals surface area contributed by atoms with Crippen LogP contribution in [0, 0.1) is 0 Å². The number of aromatic nitrogens is 9. The van der Waals surface area contributed by atoms with Gasteiger partial charge in [0.05, 0.1) is 99.6 Å². The number of ether oxygens (including phenoxy) is 5. The van der Waals surface area contributed by atoms with Gasteiger partial charge in [0.1, 0.15) is 58.2 Å². The molecule has 15 N–H and O–H groups in total. The zero-order valence-electron chi connectivity index (χ0n) is 70.6. The predicted octanol–water partition coefficient (Wildman–Crippen LogP) is 6.56. The summed E-state index contributed by atoms with van der Waals surface area (Å²) in [6.07, 6.45) is 10.5.